The molecule has 2 amide bonds. The summed E-state index contributed by atoms with van der Waals surface area (Å²) in [6, 6.07) is 5.63. The number of nitrogens with two attached hydrogens (primary N) is 1. The summed E-state index contributed by atoms with van der Waals surface area (Å²) in [5.74, 6) is 0.559. The van der Waals surface area contributed by atoms with Gasteiger partial charge in [-0.25, -0.2) is 4.79 Å². The number of hydrogen-bond donors (Lipinski definition) is 2. The van der Waals surface area contributed by atoms with E-state index in [9.17, 15) is 4.79 Å². The molecule has 0 heterocycles. The molecule has 0 aliphatic heterocycles. The summed E-state index contributed by atoms with van der Waals surface area (Å²) >= 11 is 0. The molecule has 0 spiro atoms. The highest BCUT2D eigenvalue weighted by atomic mass is 16.2. The van der Waals surface area contributed by atoms with Crippen LogP contribution < -0.4 is 16.0 Å². The summed E-state index contributed by atoms with van der Waals surface area (Å²) < 4.78 is 0. The van der Waals surface area contributed by atoms with Crippen LogP contribution in [0.25, 0.3) is 0 Å². The van der Waals surface area contributed by atoms with Gasteiger partial charge in [-0.15, -0.1) is 0 Å². The first-order valence-corrected chi connectivity index (χ1v) is 6.73. The van der Waals surface area contributed by atoms with Crippen molar-refractivity contribution in [1.82, 2.24) is 5.32 Å². The molecule has 20 heavy (non-hydrogen) atoms. The molecule has 0 unspecified atom stereocenters. The topological polar surface area (TPSA) is 70.7 Å². The predicted molar refractivity (Wildman–Crippen MR) is 84.2 cm³/mol. The average molecular weight is 276 g/mol. The Hall–Kier alpha value is -2.04. The van der Waals surface area contributed by atoms with Crippen LogP contribution in [0.4, 0.5) is 10.5 Å². The molecule has 1 aromatic carbocycles. The zero-order valence-electron chi connectivity index (χ0n) is 12.9. The van der Waals surface area contributed by atoms with Crippen molar-refractivity contribution < 1.29 is 4.79 Å². The van der Waals surface area contributed by atoms with Crippen LogP contribution in [0.15, 0.2) is 23.2 Å². The highest BCUT2D eigenvalue weighted by Gasteiger charge is 2.15. The fraction of sp³-hybridized carbons (Fsp3) is 0.467. The summed E-state index contributed by atoms with van der Waals surface area (Å²) in [7, 11) is 1.72. The lowest BCUT2D eigenvalue weighted by Crippen LogP contribution is -2.45. The lowest BCUT2D eigenvalue weighted by atomic mass is 10.1. The summed E-state index contributed by atoms with van der Waals surface area (Å²) in [5, 5.41) is 2.60. The molecule has 0 atom stereocenters. The number of amides is 2. The highest BCUT2D eigenvalue weighted by molar-refractivity contribution is 6.03. The smallest absolute Gasteiger partial charge is 0.328 e. The molecule has 0 bridgehead atoms. The van der Waals surface area contributed by atoms with Gasteiger partial charge in [0, 0.05) is 13.6 Å². The van der Waals surface area contributed by atoms with E-state index < -0.39 is 0 Å². The van der Waals surface area contributed by atoms with Crippen LogP contribution in [0.3, 0.4) is 0 Å². The molecule has 0 saturated carbocycles. The van der Waals surface area contributed by atoms with Gasteiger partial charge in [-0.3, -0.25) is 15.2 Å². The molecule has 5 nitrogen and oxygen atoms in total. The van der Waals surface area contributed by atoms with E-state index in [2.05, 4.69) is 10.3 Å². The number of rotatable bonds is 3. The molecule has 0 aliphatic carbocycles. The number of aliphatic imine (C=N–C) groups is 1. The molecule has 110 valence electrons. The minimum Gasteiger partial charge on any atom is -0.370 e. The van der Waals surface area contributed by atoms with Crippen LogP contribution in [0.5, 0.6) is 0 Å². The first kappa shape index (κ1) is 16.0. The van der Waals surface area contributed by atoms with Gasteiger partial charge < -0.3 is 5.73 Å². The second-order valence-electron chi connectivity index (χ2n) is 5.35. The Bertz CT molecular complexity index is 488. The number of anilines is 1. The number of hydrogen-bond acceptors (Lipinski definition) is 2. The highest BCUT2D eigenvalue weighted by Crippen LogP contribution is 2.23. The van der Waals surface area contributed by atoms with Crippen molar-refractivity contribution in [3.63, 3.8) is 0 Å². The number of carbonyl (C=O) groups excluding carboxylic acids is 1. The molecule has 5 heteroatoms. The summed E-state index contributed by atoms with van der Waals surface area (Å²) in [5.41, 5.74) is 8.68. The lowest BCUT2D eigenvalue weighted by molar-refractivity contribution is 0.251. The van der Waals surface area contributed by atoms with Crippen molar-refractivity contribution in [2.75, 3.05) is 18.5 Å². The van der Waals surface area contributed by atoms with Crippen LogP contribution >= 0.6 is 0 Å². The van der Waals surface area contributed by atoms with Gasteiger partial charge in [0.05, 0.1) is 5.69 Å². The van der Waals surface area contributed by atoms with Crippen molar-refractivity contribution in [2.45, 2.75) is 27.7 Å². The Morgan fingerprint density at radius 1 is 1.35 bits per heavy atom. The van der Waals surface area contributed by atoms with Gasteiger partial charge in [0.15, 0.2) is 5.96 Å². The summed E-state index contributed by atoms with van der Waals surface area (Å²) in [6.07, 6.45) is 0. The molecular weight excluding hydrogens is 252 g/mol. The first-order chi connectivity index (χ1) is 9.32. The van der Waals surface area contributed by atoms with Crippen LogP contribution in [0.1, 0.15) is 25.0 Å². The zero-order chi connectivity index (χ0) is 15.3. The third-order valence-electron chi connectivity index (χ3n) is 2.94. The van der Waals surface area contributed by atoms with E-state index in [4.69, 9.17) is 5.73 Å². The first-order valence-electron chi connectivity index (χ1n) is 6.73. The number of nitrogens with zero attached hydrogens (tertiary/aromatic N) is 2. The quantitative estimate of drug-likeness (QED) is 0.657. The van der Waals surface area contributed by atoms with Crippen molar-refractivity contribution in [3.8, 4) is 0 Å². The van der Waals surface area contributed by atoms with Gasteiger partial charge in [-0.05, 0) is 30.9 Å². The standard InChI is InChI=1S/C15H24N4O/c1-10(2)9-17-14(16)18-15(20)19(5)13-11(3)7-6-8-12(13)4/h6-8,10H,9H2,1-5H3,(H3,16,17,18,20). The zero-order valence-corrected chi connectivity index (χ0v) is 12.9. The van der Waals surface area contributed by atoms with E-state index in [0.29, 0.717) is 12.5 Å². The second-order valence-corrected chi connectivity index (χ2v) is 5.35. The van der Waals surface area contributed by atoms with E-state index >= 15 is 0 Å². The third-order valence-corrected chi connectivity index (χ3v) is 2.94. The molecule has 0 radical (unpaired) electrons. The Balaban J connectivity index is 2.80. The van der Waals surface area contributed by atoms with E-state index in [-0.39, 0.29) is 12.0 Å². The molecule has 0 fully saturated rings. The number of benzene rings is 1. The fourth-order valence-corrected chi connectivity index (χ4v) is 1.95. The maximum absolute atomic E-state index is 12.2. The number of carbonyl (C=O) groups is 1. The van der Waals surface area contributed by atoms with Gasteiger partial charge in [-0.2, -0.15) is 0 Å². The van der Waals surface area contributed by atoms with Crippen LogP contribution in [0.2, 0.25) is 0 Å². The SMILES string of the molecule is Cc1cccc(C)c1N(C)C(=O)NC(N)=NCC(C)C. The van der Waals surface area contributed by atoms with Crippen molar-refractivity contribution >= 4 is 17.7 Å². The maximum Gasteiger partial charge on any atom is 0.328 e. The summed E-state index contributed by atoms with van der Waals surface area (Å²) in [4.78, 5) is 17.8. The largest absolute Gasteiger partial charge is 0.370 e. The average Bonchev–Trinajstić information content (AvgIpc) is 2.35. The van der Waals surface area contributed by atoms with Crippen molar-refractivity contribution in [1.29, 1.82) is 0 Å². The molecular formula is C15H24N4O. The van der Waals surface area contributed by atoms with Crippen LogP contribution in [-0.4, -0.2) is 25.6 Å². The van der Waals surface area contributed by atoms with Crippen molar-refractivity contribution in [2.24, 2.45) is 16.6 Å². The molecule has 1 rings (SSSR count). The minimum absolute atomic E-state index is 0.154. The minimum atomic E-state index is -0.285. The Morgan fingerprint density at radius 2 is 1.90 bits per heavy atom. The van der Waals surface area contributed by atoms with Gasteiger partial charge in [0.25, 0.3) is 0 Å². The molecule has 1 aromatic rings. The number of urea groups is 1. The molecule has 0 saturated heterocycles. The van der Waals surface area contributed by atoms with E-state index in [1.54, 1.807) is 11.9 Å². The fourth-order valence-electron chi connectivity index (χ4n) is 1.95. The lowest BCUT2D eigenvalue weighted by Gasteiger charge is -2.22. The second kappa shape index (κ2) is 6.93. The normalized spacial score (nSPS) is 11.6. The molecule has 0 aliphatic rings. The van der Waals surface area contributed by atoms with Crippen LogP contribution in [-0.2, 0) is 0 Å². The number of aryl methyl sites for hydroxylation is 2. The third kappa shape index (κ3) is 4.26. The summed E-state index contributed by atoms with van der Waals surface area (Å²) in [6.45, 7) is 8.63. The van der Waals surface area contributed by atoms with Crippen molar-refractivity contribution in [3.05, 3.63) is 29.3 Å². The maximum atomic E-state index is 12.2. The predicted octanol–water partition coefficient (Wildman–Crippen LogP) is 2.42. The van der Waals surface area contributed by atoms with Gasteiger partial charge in [0.1, 0.15) is 0 Å². The Morgan fingerprint density at radius 3 is 2.40 bits per heavy atom. The molecule has 0 aromatic heterocycles. The van der Waals surface area contributed by atoms with E-state index in [1.807, 2.05) is 45.9 Å². The van der Waals surface area contributed by atoms with Crippen LogP contribution in [0, 0.1) is 19.8 Å². The van der Waals surface area contributed by atoms with Gasteiger partial charge in [0.2, 0.25) is 0 Å². The number of nitrogens with one attached hydrogen (secondary N) is 1. The Labute approximate surface area is 120 Å². The molecule has 3 N–H and O–H groups in total. The van der Waals surface area contributed by atoms with Gasteiger partial charge in [-0.1, -0.05) is 32.0 Å². The number of para-hydroxylation sites is 1. The van der Waals surface area contributed by atoms with Gasteiger partial charge >= 0.3 is 6.03 Å². The van der Waals surface area contributed by atoms with E-state index in [0.717, 1.165) is 16.8 Å². The van der Waals surface area contributed by atoms with E-state index in [1.165, 1.54) is 0 Å². The Kier molecular flexibility index (Phi) is 5.55. The monoisotopic (exact) mass is 276 g/mol. The number of guanidine groups is 1.